The molecule has 0 saturated heterocycles. The topological polar surface area (TPSA) is 6.25 Å². The Kier molecular flexibility index (Phi) is 8.16. The number of hydrogen-bond acceptors (Lipinski definition) is 1. The summed E-state index contributed by atoms with van der Waals surface area (Å²) in [6, 6.07) is 8.98. The van der Waals surface area contributed by atoms with Gasteiger partial charge < -0.3 is 4.90 Å². The summed E-state index contributed by atoms with van der Waals surface area (Å²) in [7, 11) is 4.37. The first-order valence-electron chi connectivity index (χ1n) is 16.3. The highest BCUT2D eigenvalue weighted by molar-refractivity contribution is 6.32. The Bertz CT molecular complexity index is 1840. The molecule has 0 spiro atoms. The average molecular weight is 614 g/mol. The summed E-state index contributed by atoms with van der Waals surface area (Å²) in [5, 5.41) is 0.894. The van der Waals surface area contributed by atoms with Gasteiger partial charge in [-0.25, -0.2) is 0 Å². The van der Waals surface area contributed by atoms with Gasteiger partial charge in [-0.2, -0.15) is 4.58 Å². The highest BCUT2D eigenvalue weighted by Gasteiger charge is 2.45. The van der Waals surface area contributed by atoms with Crippen molar-refractivity contribution >= 4 is 53.0 Å². The Morgan fingerprint density at radius 1 is 0.911 bits per heavy atom. The maximum Gasteiger partial charge on any atom is 0.210 e. The van der Waals surface area contributed by atoms with Crippen LogP contribution in [0.1, 0.15) is 93.7 Å². The second-order valence-electron chi connectivity index (χ2n) is 13.7. The molecule has 0 aromatic heterocycles. The van der Waals surface area contributed by atoms with E-state index in [9.17, 15) is 0 Å². The second kappa shape index (κ2) is 11.8. The first kappa shape index (κ1) is 31.1. The number of likely N-dealkylation sites (N-methyl/N-ethyl adjacent to an activating group) is 1. The van der Waals surface area contributed by atoms with Crippen molar-refractivity contribution in [1.82, 2.24) is 0 Å². The first-order valence-corrected chi connectivity index (χ1v) is 16.7. The fourth-order valence-electron chi connectivity index (χ4n) is 8.01. The summed E-state index contributed by atoms with van der Waals surface area (Å²) >= 11 is 7.19. The third kappa shape index (κ3) is 5.08. The lowest BCUT2D eigenvalue weighted by molar-refractivity contribution is -0.401. The molecule has 0 N–H and O–H groups in total. The van der Waals surface area contributed by atoms with Crippen LogP contribution in [0.25, 0.3) is 24.3 Å². The minimum atomic E-state index is -0.163. The minimum absolute atomic E-state index is 0.121. The predicted molar refractivity (Wildman–Crippen MR) is 198 cm³/mol. The van der Waals surface area contributed by atoms with E-state index in [2.05, 4.69) is 150 Å². The van der Waals surface area contributed by atoms with Gasteiger partial charge in [0.25, 0.3) is 0 Å². The molecule has 2 aliphatic carbocycles. The van der Waals surface area contributed by atoms with E-state index in [0.29, 0.717) is 0 Å². The van der Waals surface area contributed by atoms with E-state index < -0.39 is 0 Å². The van der Waals surface area contributed by atoms with E-state index in [1.165, 1.54) is 67.3 Å². The monoisotopic (exact) mass is 613 g/mol. The van der Waals surface area contributed by atoms with Crippen LogP contribution in [-0.4, -0.2) is 24.4 Å². The predicted octanol–water partition coefficient (Wildman–Crippen LogP) is 11.3. The zero-order valence-corrected chi connectivity index (χ0v) is 28.7. The maximum absolute atomic E-state index is 7.19. The Hall–Kier alpha value is -3.88. The van der Waals surface area contributed by atoms with Gasteiger partial charge in [0, 0.05) is 46.6 Å². The molecule has 0 atom stereocenters. The van der Waals surface area contributed by atoms with E-state index >= 15 is 0 Å². The van der Waals surface area contributed by atoms with Gasteiger partial charge >= 0.3 is 0 Å². The Morgan fingerprint density at radius 3 is 2.44 bits per heavy atom. The molecule has 0 fully saturated rings. The number of halogens is 1. The van der Waals surface area contributed by atoms with Gasteiger partial charge in [-0.15, -0.1) is 0 Å². The number of rotatable bonds is 5. The number of fused-ring (bicyclic) bond motifs is 4. The molecule has 45 heavy (non-hydrogen) atoms. The lowest BCUT2D eigenvalue weighted by Crippen LogP contribution is -2.27. The lowest BCUT2D eigenvalue weighted by atomic mass is 9.77. The molecule has 0 amide bonds. The summed E-state index contributed by atoms with van der Waals surface area (Å²) < 4.78 is 2.36. The van der Waals surface area contributed by atoms with E-state index in [0.717, 1.165) is 30.7 Å². The van der Waals surface area contributed by atoms with Crippen molar-refractivity contribution in [2.45, 2.75) is 71.1 Å². The van der Waals surface area contributed by atoms with Crippen LogP contribution in [0.5, 0.6) is 0 Å². The van der Waals surface area contributed by atoms with Crippen molar-refractivity contribution in [3.63, 3.8) is 0 Å². The molecule has 4 aliphatic rings. The van der Waals surface area contributed by atoms with E-state index in [1.807, 2.05) is 6.08 Å². The van der Waals surface area contributed by atoms with Crippen LogP contribution in [0.3, 0.4) is 0 Å². The summed E-state index contributed by atoms with van der Waals surface area (Å²) in [6.45, 7) is 15.6. The Morgan fingerprint density at radius 2 is 1.69 bits per heavy atom. The smallest absolute Gasteiger partial charge is 0.210 e. The molecule has 230 valence electrons. The highest BCUT2D eigenvalue weighted by atomic mass is 35.5. The van der Waals surface area contributed by atoms with Crippen molar-refractivity contribution in [1.29, 1.82) is 0 Å². The quantitative estimate of drug-likeness (QED) is 0.304. The Labute approximate surface area is 275 Å². The zero-order chi connectivity index (χ0) is 32.1. The second-order valence-corrected chi connectivity index (χ2v) is 14.1. The summed E-state index contributed by atoms with van der Waals surface area (Å²) in [6.07, 6.45) is 28.5. The number of benzene rings is 2. The van der Waals surface area contributed by atoms with Gasteiger partial charge in [-0.1, -0.05) is 92.8 Å². The molecule has 2 nitrogen and oxygen atoms in total. The van der Waals surface area contributed by atoms with Crippen LogP contribution >= 0.6 is 11.6 Å². The van der Waals surface area contributed by atoms with Gasteiger partial charge in [0.15, 0.2) is 5.71 Å². The molecule has 0 unspecified atom stereocenters. The van der Waals surface area contributed by atoms with Gasteiger partial charge in [-0.3, -0.25) is 0 Å². The number of allylic oxidation sites excluding steroid dienone is 11. The van der Waals surface area contributed by atoms with Crippen LogP contribution in [0.15, 0.2) is 95.3 Å². The third-order valence-electron chi connectivity index (χ3n) is 10.2. The molecule has 3 heteroatoms. The molecule has 2 aromatic rings. The van der Waals surface area contributed by atoms with E-state index in [1.54, 1.807) is 0 Å². The van der Waals surface area contributed by atoms with Crippen molar-refractivity contribution in [3.8, 4) is 0 Å². The van der Waals surface area contributed by atoms with Crippen molar-refractivity contribution in [2.24, 2.45) is 0 Å². The van der Waals surface area contributed by atoms with Gasteiger partial charge in [0.2, 0.25) is 5.69 Å². The first-order chi connectivity index (χ1) is 21.5. The largest absolute Gasteiger partial charge is 0.347 e. The number of anilines is 1. The van der Waals surface area contributed by atoms with Crippen LogP contribution in [0.4, 0.5) is 11.4 Å². The Balaban J connectivity index is 1.33. The molecular formula is C42H46ClN2+. The molecule has 2 heterocycles. The van der Waals surface area contributed by atoms with E-state index in [4.69, 9.17) is 11.6 Å². The van der Waals surface area contributed by atoms with Gasteiger partial charge in [0.05, 0.1) is 5.41 Å². The van der Waals surface area contributed by atoms with Crippen molar-refractivity contribution in [2.75, 3.05) is 19.0 Å². The molecule has 2 aliphatic heterocycles. The van der Waals surface area contributed by atoms with Crippen molar-refractivity contribution in [3.05, 3.63) is 129 Å². The highest BCUT2D eigenvalue weighted by Crippen LogP contribution is 2.50. The van der Waals surface area contributed by atoms with Gasteiger partial charge in [-0.05, 0) is 104 Å². The summed E-state index contributed by atoms with van der Waals surface area (Å²) in [5.74, 6) is 0. The molecule has 2 aromatic carbocycles. The summed E-state index contributed by atoms with van der Waals surface area (Å²) in [5.41, 5.74) is 15.0. The SMILES string of the molecule is C=Cc1c(/C=C\C)ccc2c1C(C)(C)/C(=C\C=C1\CCCC(/C=C/C3=[N+](C)c4ccc5c(c4C3(C)C)C=CCC=C5)=C1Cl)N2C. The number of hydrogen-bond donors (Lipinski definition) is 0. The average Bonchev–Trinajstić information content (AvgIpc) is 3.20. The third-order valence-corrected chi connectivity index (χ3v) is 10.7. The van der Waals surface area contributed by atoms with Crippen LogP contribution in [0, 0.1) is 0 Å². The normalized spacial score (nSPS) is 21.8. The lowest BCUT2D eigenvalue weighted by Gasteiger charge is -2.25. The van der Waals surface area contributed by atoms with Crippen LogP contribution in [0.2, 0.25) is 0 Å². The number of nitrogens with zero attached hydrogens (tertiary/aromatic N) is 2. The fraction of sp³-hybridized carbons (Fsp3) is 0.310. The standard InChI is InChI=1S/C42H46ClN2/c1-9-15-28-20-24-34-38(32(28)10-2)41(3,4)36(44(34)7)26-22-30-17-14-18-31(40(30)43)23-27-37-42(5,6)39-33-19-13-11-12-16-29(33)21-25-35(39)45(37)8/h9-10,12-13,15-16,19-27H,2,11,14,17-18H2,1,3-8H3/q+1/b15-9-. The van der Waals surface area contributed by atoms with Crippen LogP contribution < -0.4 is 4.90 Å². The molecule has 6 rings (SSSR count). The molecule has 0 bridgehead atoms. The molecule has 0 saturated carbocycles. The maximum atomic E-state index is 7.19. The van der Waals surface area contributed by atoms with Crippen molar-refractivity contribution < 1.29 is 4.58 Å². The summed E-state index contributed by atoms with van der Waals surface area (Å²) in [4.78, 5) is 2.33. The van der Waals surface area contributed by atoms with E-state index in [-0.39, 0.29) is 10.8 Å². The fourth-order valence-corrected chi connectivity index (χ4v) is 8.33. The minimum Gasteiger partial charge on any atom is -0.347 e. The molecule has 0 radical (unpaired) electrons. The molecular weight excluding hydrogens is 568 g/mol. The zero-order valence-electron chi connectivity index (χ0n) is 28.0. The van der Waals surface area contributed by atoms with Crippen LogP contribution in [-0.2, 0) is 10.8 Å². The van der Waals surface area contributed by atoms with Gasteiger partial charge in [0.1, 0.15) is 7.05 Å².